The second-order valence-corrected chi connectivity index (χ2v) is 6.19. The molecular weight excluding hydrogens is 296 g/mol. The summed E-state index contributed by atoms with van der Waals surface area (Å²) in [5, 5.41) is 10.5. The van der Waals surface area contributed by atoms with Crippen LogP contribution in [0.1, 0.15) is 24.2 Å². The van der Waals surface area contributed by atoms with E-state index in [1.165, 1.54) is 5.56 Å². The van der Waals surface area contributed by atoms with Crippen LogP contribution in [-0.2, 0) is 7.05 Å². The van der Waals surface area contributed by atoms with Crippen molar-refractivity contribution in [2.24, 2.45) is 7.05 Å². The molecule has 0 aliphatic carbocycles. The molecule has 4 aromatic rings. The van der Waals surface area contributed by atoms with Gasteiger partial charge in [-0.15, -0.1) is 0 Å². The van der Waals surface area contributed by atoms with E-state index in [-0.39, 0.29) is 6.04 Å². The van der Waals surface area contributed by atoms with E-state index in [0.717, 1.165) is 33.3 Å². The zero-order valence-corrected chi connectivity index (χ0v) is 14.1. The number of pyridine rings is 1. The van der Waals surface area contributed by atoms with Crippen LogP contribution < -0.4 is 5.32 Å². The van der Waals surface area contributed by atoms with Crippen molar-refractivity contribution in [3.63, 3.8) is 0 Å². The van der Waals surface area contributed by atoms with Crippen LogP contribution in [0.5, 0.6) is 0 Å². The molecule has 4 nitrogen and oxygen atoms in total. The number of benzene rings is 2. The molecule has 1 atom stereocenters. The predicted octanol–water partition coefficient (Wildman–Crippen LogP) is 4.60. The maximum Gasteiger partial charge on any atom is 0.160 e. The Balaban J connectivity index is 1.94. The molecule has 0 bridgehead atoms. The van der Waals surface area contributed by atoms with Gasteiger partial charge in [0, 0.05) is 18.5 Å². The molecule has 24 heavy (non-hydrogen) atoms. The standard InChI is InChI=1S/C20H20N4/c1-13(15-9-5-4-6-10-15)21-19-16-11-7-8-12-17(16)22-20-18(19)14(2)23-24(20)3/h4-13H,1-3H3,(H,21,22). The van der Waals surface area contributed by atoms with Gasteiger partial charge in [0.2, 0.25) is 0 Å². The summed E-state index contributed by atoms with van der Waals surface area (Å²) < 4.78 is 1.86. The van der Waals surface area contributed by atoms with Gasteiger partial charge in [0.05, 0.1) is 22.3 Å². The molecule has 1 unspecified atom stereocenters. The second-order valence-electron chi connectivity index (χ2n) is 6.19. The summed E-state index contributed by atoms with van der Waals surface area (Å²) in [7, 11) is 1.95. The summed E-state index contributed by atoms with van der Waals surface area (Å²) >= 11 is 0. The molecule has 2 aromatic heterocycles. The van der Waals surface area contributed by atoms with Gasteiger partial charge in [-0.2, -0.15) is 5.10 Å². The number of para-hydroxylation sites is 1. The Morgan fingerprint density at radius 1 is 1.00 bits per heavy atom. The van der Waals surface area contributed by atoms with Gasteiger partial charge in [0.1, 0.15) is 0 Å². The average molecular weight is 316 g/mol. The Morgan fingerprint density at radius 2 is 1.71 bits per heavy atom. The van der Waals surface area contributed by atoms with Crippen LogP contribution in [0.15, 0.2) is 54.6 Å². The summed E-state index contributed by atoms with van der Waals surface area (Å²) in [5.41, 5.74) is 5.25. The van der Waals surface area contributed by atoms with Crippen LogP contribution in [0, 0.1) is 6.92 Å². The van der Waals surface area contributed by atoms with Gasteiger partial charge in [-0.05, 0) is 25.5 Å². The van der Waals surface area contributed by atoms with E-state index in [9.17, 15) is 0 Å². The van der Waals surface area contributed by atoms with Crippen LogP contribution in [-0.4, -0.2) is 14.8 Å². The molecule has 0 amide bonds. The number of nitrogens with one attached hydrogen (secondary N) is 1. The summed E-state index contributed by atoms with van der Waals surface area (Å²) in [5.74, 6) is 0. The van der Waals surface area contributed by atoms with E-state index in [0.29, 0.717) is 0 Å². The summed E-state index contributed by atoms with van der Waals surface area (Å²) in [6, 6.07) is 18.9. The molecule has 0 aliphatic rings. The normalized spacial score (nSPS) is 12.6. The molecule has 0 aliphatic heterocycles. The summed E-state index contributed by atoms with van der Waals surface area (Å²) in [6.45, 7) is 4.22. The van der Waals surface area contributed by atoms with E-state index in [1.807, 2.05) is 30.8 Å². The lowest BCUT2D eigenvalue weighted by Gasteiger charge is -2.18. The molecule has 1 N–H and O–H groups in total. The van der Waals surface area contributed by atoms with Gasteiger partial charge >= 0.3 is 0 Å². The van der Waals surface area contributed by atoms with Crippen molar-refractivity contribution in [1.82, 2.24) is 14.8 Å². The van der Waals surface area contributed by atoms with Crippen molar-refractivity contribution < 1.29 is 0 Å². The molecule has 4 rings (SSSR count). The molecule has 0 saturated carbocycles. The number of hydrogen-bond donors (Lipinski definition) is 1. The van der Waals surface area contributed by atoms with Crippen LogP contribution in [0.3, 0.4) is 0 Å². The second kappa shape index (κ2) is 5.64. The van der Waals surface area contributed by atoms with Crippen LogP contribution in [0.4, 0.5) is 5.69 Å². The lowest BCUT2D eigenvalue weighted by atomic mass is 10.1. The topological polar surface area (TPSA) is 42.7 Å². The lowest BCUT2D eigenvalue weighted by molar-refractivity contribution is 0.775. The van der Waals surface area contributed by atoms with Crippen LogP contribution in [0.25, 0.3) is 21.9 Å². The zero-order chi connectivity index (χ0) is 16.7. The van der Waals surface area contributed by atoms with E-state index >= 15 is 0 Å². The fourth-order valence-corrected chi connectivity index (χ4v) is 3.29. The number of aryl methyl sites for hydroxylation is 2. The maximum absolute atomic E-state index is 4.80. The largest absolute Gasteiger partial charge is 0.377 e. The number of fused-ring (bicyclic) bond motifs is 2. The smallest absolute Gasteiger partial charge is 0.160 e. The Hall–Kier alpha value is -2.88. The fourth-order valence-electron chi connectivity index (χ4n) is 3.29. The van der Waals surface area contributed by atoms with Gasteiger partial charge in [0.15, 0.2) is 5.65 Å². The molecule has 4 heteroatoms. The highest BCUT2D eigenvalue weighted by Gasteiger charge is 2.17. The summed E-state index contributed by atoms with van der Waals surface area (Å²) in [4.78, 5) is 4.80. The molecule has 120 valence electrons. The molecule has 0 spiro atoms. The van der Waals surface area contributed by atoms with Crippen molar-refractivity contribution in [1.29, 1.82) is 0 Å². The molecule has 0 saturated heterocycles. The third-order valence-corrected chi connectivity index (χ3v) is 4.50. The highest BCUT2D eigenvalue weighted by Crippen LogP contribution is 2.34. The van der Waals surface area contributed by atoms with Crippen molar-refractivity contribution in [2.45, 2.75) is 19.9 Å². The maximum atomic E-state index is 4.80. The van der Waals surface area contributed by atoms with Crippen molar-refractivity contribution >= 4 is 27.6 Å². The lowest BCUT2D eigenvalue weighted by Crippen LogP contribution is -2.08. The van der Waals surface area contributed by atoms with Gasteiger partial charge in [-0.1, -0.05) is 48.5 Å². The van der Waals surface area contributed by atoms with Crippen molar-refractivity contribution in [3.8, 4) is 0 Å². The van der Waals surface area contributed by atoms with Gasteiger partial charge in [-0.25, -0.2) is 4.98 Å². The Morgan fingerprint density at radius 3 is 2.50 bits per heavy atom. The fraction of sp³-hybridized carbons (Fsp3) is 0.200. The van der Waals surface area contributed by atoms with E-state index < -0.39 is 0 Å². The first-order chi connectivity index (χ1) is 11.6. The monoisotopic (exact) mass is 316 g/mol. The van der Waals surface area contributed by atoms with Gasteiger partial charge in [0.25, 0.3) is 0 Å². The van der Waals surface area contributed by atoms with E-state index in [4.69, 9.17) is 4.98 Å². The van der Waals surface area contributed by atoms with E-state index in [2.05, 4.69) is 59.8 Å². The highest BCUT2D eigenvalue weighted by molar-refractivity contribution is 6.07. The van der Waals surface area contributed by atoms with E-state index in [1.54, 1.807) is 0 Å². The van der Waals surface area contributed by atoms with Crippen LogP contribution >= 0.6 is 0 Å². The molecule has 2 aromatic carbocycles. The minimum Gasteiger partial charge on any atom is -0.377 e. The van der Waals surface area contributed by atoms with Crippen molar-refractivity contribution in [2.75, 3.05) is 5.32 Å². The molecule has 2 heterocycles. The Kier molecular flexibility index (Phi) is 3.45. The third-order valence-electron chi connectivity index (χ3n) is 4.50. The number of aromatic nitrogens is 3. The quantitative estimate of drug-likeness (QED) is 0.600. The Labute approximate surface area is 141 Å². The highest BCUT2D eigenvalue weighted by atomic mass is 15.3. The zero-order valence-electron chi connectivity index (χ0n) is 14.1. The third kappa shape index (κ3) is 2.31. The Bertz CT molecular complexity index is 1020. The minimum atomic E-state index is 0.194. The molecule has 0 fully saturated rings. The molecule has 0 radical (unpaired) electrons. The number of hydrogen-bond acceptors (Lipinski definition) is 3. The number of rotatable bonds is 3. The predicted molar refractivity (Wildman–Crippen MR) is 99.2 cm³/mol. The summed E-state index contributed by atoms with van der Waals surface area (Å²) in [6.07, 6.45) is 0. The first-order valence-corrected chi connectivity index (χ1v) is 8.18. The SMILES string of the molecule is Cc1nn(C)c2nc3ccccc3c(NC(C)c3ccccc3)c12. The first-order valence-electron chi connectivity index (χ1n) is 8.18. The van der Waals surface area contributed by atoms with Gasteiger partial charge in [-0.3, -0.25) is 4.68 Å². The number of anilines is 1. The van der Waals surface area contributed by atoms with Crippen molar-refractivity contribution in [3.05, 3.63) is 65.9 Å². The average Bonchev–Trinajstić information content (AvgIpc) is 2.89. The number of nitrogens with zero attached hydrogens (tertiary/aromatic N) is 3. The van der Waals surface area contributed by atoms with Gasteiger partial charge < -0.3 is 5.32 Å². The van der Waals surface area contributed by atoms with Crippen LogP contribution in [0.2, 0.25) is 0 Å². The first kappa shape index (κ1) is 14.7. The molecular formula is C20H20N4. The minimum absolute atomic E-state index is 0.194.